The molecule has 0 aliphatic rings. The zero-order chi connectivity index (χ0) is 43.3. The summed E-state index contributed by atoms with van der Waals surface area (Å²) in [6.07, 6.45) is 3.28. The lowest BCUT2D eigenvalue weighted by molar-refractivity contribution is -0.134. The van der Waals surface area contributed by atoms with Crippen LogP contribution in [0.1, 0.15) is 51.2 Å². The van der Waals surface area contributed by atoms with Crippen molar-refractivity contribution in [1.29, 1.82) is 0 Å². The molecule has 11 N–H and O–H groups in total. The van der Waals surface area contributed by atoms with E-state index in [0.29, 0.717) is 25.1 Å². The minimum Gasteiger partial charge on any atom is -0.368 e. The average Bonchev–Trinajstić information content (AvgIpc) is 3.65. The van der Waals surface area contributed by atoms with Crippen LogP contribution < -0.4 is 43.4 Å². The van der Waals surface area contributed by atoms with Gasteiger partial charge in [-0.15, -0.1) is 0 Å². The number of hydrogen-bond acceptors (Lipinski definition) is 8. The number of carbonyl (C=O) groups excluding carboxylic acids is 6. The number of rotatable bonds is 20. The molecule has 6 atom stereocenters. The number of anilines is 1. The van der Waals surface area contributed by atoms with Crippen molar-refractivity contribution in [2.24, 2.45) is 17.2 Å². The van der Waals surface area contributed by atoms with E-state index in [9.17, 15) is 28.8 Å². The number of hydrogen-bond donors (Lipinski definition) is 8. The highest BCUT2D eigenvalue weighted by atomic mass is 16.2. The minimum atomic E-state index is -1.23. The van der Waals surface area contributed by atoms with Gasteiger partial charge in [0, 0.05) is 35.6 Å². The van der Waals surface area contributed by atoms with E-state index < -0.39 is 71.7 Å². The third-order valence-corrected chi connectivity index (χ3v) is 10.4. The van der Waals surface area contributed by atoms with Gasteiger partial charge in [-0.25, -0.2) is 0 Å². The zero-order valence-corrected chi connectivity index (χ0v) is 34.2. The van der Waals surface area contributed by atoms with Crippen molar-refractivity contribution in [1.82, 2.24) is 26.3 Å². The average molecular weight is 818 g/mol. The predicted molar refractivity (Wildman–Crippen MR) is 232 cm³/mol. The van der Waals surface area contributed by atoms with Crippen LogP contribution in [0.3, 0.4) is 0 Å². The van der Waals surface area contributed by atoms with Crippen LogP contribution in [0.15, 0.2) is 103 Å². The number of fused-ring (bicyclic) bond motifs is 2. The summed E-state index contributed by atoms with van der Waals surface area (Å²) in [5.74, 6) is -3.85. The standard InChI is InChI=1S/C45H55N9O6/c1-27(47)45(60)54(34-21-20-31-15-7-8-16-32(31)24-34)29(3)42(57)50-28(2)41(56)52-39(25-33-26-49-36-18-10-9-17-35(33)36)44(59)53-38(23-30-13-5-4-6-14-30)43(58)51-37(40(48)55)19-11-12-22-46/h4-10,13-18,20-21,24,26-29,37-39,49H,11-12,19,22-23,25,46-47H2,1-3H3,(H2,48,55)(H,50,57)(H,51,58)(H,52,56)(H,53,59)/t27-,28-,29-,37-,38-,39-/m0/s1. The molecule has 6 amide bonds. The number of aromatic amines is 1. The number of aromatic nitrogens is 1. The molecule has 5 rings (SSSR count). The van der Waals surface area contributed by atoms with Crippen LogP contribution in [-0.2, 0) is 41.6 Å². The summed E-state index contributed by atoms with van der Waals surface area (Å²) in [7, 11) is 0. The number of benzene rings is 4. The van der Waals surface area contributed by atoms with E-state index in [4.69, 9.17) is 17.2 Å². The predicted octanol–water partition coefficient (Wildman–Crippen LogP) is 2.45. The van der Waals surface area contributed by atoms with Crippen molar-refractivity contribution in [2.45, 2.75) is 89.1 Å². The number of amides is 6. The molecule has 5 aromatic rings. The van der Waals surface area contributed by atoms with E-state index in [1.54, 1.807) is 49.5 Å². The number of nitrogens with one attached hydrogen (secondary N) is 5. The third-order valence-electron chi connectivity index (χ3n) is 10.4. The normalized spacial score (nSPS) is 14.2. The van der Waals surface area contributed by atoms with Gasteiger partial charge in [0.1, 0.15) is 30.2 Å². The summed E-state index contributed by atoms with van der Waals surface area (Å²) >= 11 is 0. The Labute approximate surface area is 349 Å². The molecular formula is C45H55N9O6. The van der Waals surface area contributed by atoms with Crippen LogP contribution >= 0.6 is 0 Å². The van der Waals surface area contributed by atoms with E-state index in [1.165, 1.54) is 18.7 Å². The van der Waals surface area contributed by atoms with Crippen LogP contribution in [0.25, 0.3) is 21.7 Å². The third kappa shape index (κ3) is 11.5. The summed E-state index contributed by atoms with van der Waals surface area (Å²) in [6, 6.07) is 22.9. The minimum absolute atomic E-state index is 0.0139. The quantitative estimate of drug-likeness (QED) is 0.0541. The first-order valence-electron chi connectivity index (χ1n) is 20.1. The van der Waals surface area contributed by atoms with Gasteiger partial charge in [-0.1, -0.05) is 78.9 Å². The first-order chi connectivity index (χ1) is 28.8. The molecule has 0 fully saturated rings. The van der Waals surface area contributed by atoms with Gasteiger partial charge in [-0.3, -0.25) is 33.7 Å². The van der Waals surface area contributed by atoms with Crippen LogP contribution in [-0.4, -0.2) is 83.2 Å². The van der Waals surface area contributed by atoms with Gasteiger partial charge in [0.2, 0.25) is 35.4 Å². The summed E-state index contributed by atoms with van der Waals surface area (Å²) in [5.41, 5.74) is 20.0. The molecule has 0 aliphatic carbocycles. The first-order valence-corrected chi connectivity index (χ1v) is 20.1. The van der Waals surface area contributed by atoms with Crippen molar-refractivity contribution in [2.75, 3.05) is 11.4 Å². The molecule has 1 aromatic heterocycles. The lowest BCUT2D eigenvalue weighted by atomic mass is 10.0. The van der Waals surface area contributed by atoms with Gasteiger partial charge in [-0.2, -0.15) is 0 Å². The van der Waals surface area contributed by atoms with Gasteiger partial charge in [0.15, 0.2) is 0 Å². The second-order valence-corrected chi connectivity index (χ2v) is 15.1. The molecule has 0 radical (unpaired) electrons. The van der Waals surface area contributed by atoms with Crippen LogP contribution in [0.2, 0.25) is 0 Å². The molecule has 0 saturated carbocycles. The van der Waals surface area contributed by atoms with E-state index in [0.717, 1.165) is 32.8 Å². The van der Waals surface area contributed by atoms with Crippen molar-refractivity contribution in [3.05, 3.63) is 114 Å². The van der Waals surface area contributed by atoms with E-state index in [2.05, 4.69) is 26.3 Å². The largest absolute Gasteiger partial charge is 0.368 e. The molecule has 60 heavy (non-hydrogen) atoms. The lowest BCUT2D eigenvalue weighted by Gasteiger charge is -2.31. The fourth-order valence-corrected chi connectivity index (χ4v) is 7.01. The monoisotopic (exact) mass is 817 g/mol. The van der Waals surface area contributed by atoms with Crippen LogP contribution in [0, 0.1) is 0 Å². The Morgan fingerprint density at radius 2 is 1.28 bits per heavy atom. The number of nitrogens with two attached hydrogens (primary N) is 3. The fourth-order valence-electron chi connectivity index (χ4n) is 7.01. The summed E-state index contributed by atoms with van der Waals surface area (Å²) in [5, 5.41) is 13.6. The Kier molecular flexibility index (Phi) is 15.5. The number of nitrogens with zero attached hydrogens (tertiary/aromatic N) is 1. The van der Waals surface area contributed by atoms with Gasteiger partial charge in [-0.05, 0) is 86.7 Å². The molecule has 0 aliphatic heterocycles. The second-order valence-electron chi connectivity index (χ2n) is 15.1. The Morgan fingerprint density at radius 1 is 0.667 bits per heavy atom. The Morgan fingerprint density at radius 3 is 1.97 bits per heavy atom. The number of carbonyl (C=O) groups is 6. The first kappa shape index (κ1) is 44.5. The van der Waals surface area contributed by atoms with Crippen molar-refractivity contribution < 1.29 is 28.8 Å². The second kappa shape index (κ2) is 20.9. The Hall–Kier alpha value is -6.58. The number of primary amides is 1. The van der Waals surface area contributed by atoms with E-state index in [-0.39, 0.29) is 19.3 Å². The van der Waals surface area contributed by atoms with Crippen molar-refractivity contribution in [3.8, 4) is 0 Å². The molecule has 4 aromatic carbocycles. The molecule has 15 heteroatoms. The number of para-hydroxylation sites is 1. The summed E-state index contributed by atoms with van der Waals surface area (Å²) in [4.78, 5) is 86.2. The molecule has 0 spiro atoms. The maximum absolute atomic E-state index is 14.3. The highest BCUT2D eigenvalue weighted by Crippen LogP contribution is 2.25. The highest BCUT2D eigenvalue weighted by Gasteiger charge is 2.34. The van der Waals surface area contributed by atoms with Gasteiger partial charge >= 0.3 is 0 Å². The van der Waals surface area contributed by atoms with Crippen molar-refractivity contribution >= 4 is 62.8 Å². The van der Waals surface area contributed by atoms with Crippen molar-refractivity contribution in [3.63, 3.8) is 0 Å². The molecule has 316 valence electrons. The molecule has 0 bridgehead atoms. The lowest BCUT2D eigenvalue weighted by Crippen LogP contribution is -2.59. The number of H-pyrrole nitrogens is 1. The SMILES string of the molecule is C[C@H](N)C(=O)N(c1ccc2ccccc2c1)[C@@H](C)C(=O)N[C@@H](C)C(=O)N[C@@H](Cc1c[nH]c2ccccc12)C(=O)N[C@@H](Cc1ccccc1)C(=O)N[C@@H](CCCCN)C(N)=O. The smallest absolute Gasteiger partial charge is 0.244 e. The zero-order valence-electron chi connectivity index (χ0n) is 34.2. The fraction of sp³-hybridized carbons (Fsp3) is 0.333. The number of unbranched alkanes of at least 4 members (excludes halogenated alkanes) is 1. The maximum Gasteiger partial charge on any atom is 0.244 e. The molecule has 15 nitrogen and oxygen atoms in total. The van der Waals surface area contributed by atoms with Gasteiger partial charge in [0.25, 0.3) is 0 Å². The summed E-state index contributed by atoms with van der Waals surface area (Å²) in [6.45, 7) is 4.95. The van der Waals surface area contributed by atoms with Crippen LogP contribution in [0.5, 0.6) is 0 Å². The highest BCUT2D eigenvalue weighted by molar-refractivity contribution is 6.05. The molecule has 0 saturated heterocycles. The molecular weight excluding hydrogens is 763 g/mol. The Bertz CT molecular complexity index is 2290. The van der Waals surface area contributed by atoms with Crippen LogP contribution in [0.4, 0.5) is 5.69 Å². The van der Waals surface area contributed by atoms with Gasteiger partial charge < -0.3 is 43.5 Å². The Balaban J connectivity index is 1.37. The maximum atomic E-state index is 14.3. The molecule has 0 unspecified atom stereocenters. The van der Waals surface area contributed by atoms with Gasteiger partial charge in [0.05, 0.1) is 6.04 Å². The molecule has 1 heterocycles. The topological polar surface area (TPSA) is 248 Å². The summed E-state index contributed by atoms with van der Waals surface area (Å²) < 4.78 is 0. The van der Waals surface area contributed by atoms with E-state index in [1.807, 2.05) is 60.7 Å². The van der Waals surface area contributed by atoms with E-state index >= 15 is 0 Å².